The minimum atomic E-state index is -0.355. The van der Waals surface area contributed by atoms with Gasteiger partial charge in [-0.3, -0.25) is 0 Å². The zero-order valence-electron chi connectivity index (χ0n) is 9.10. The lowest BCUT2D eigenvalue weighted by atomic mass is 10.0. The maximum absolute atomic E-state index is 8.64. The van der Waals surface area contributed by atoms with Gasteiger partial charge in [-0.15, -0.1) is 0 Å². The highest BCUT2D eigenvalue weighted by Crippen LogP contribution is 2.14. The first kappa shape index (κ1) is 10.7. The Hall–Kier alpha value is -1.82. The lowest BCUT2D eigenvalue weighted by Crippen LogP contribution is -2.04. The number of benzene rings is 1. The Labute approximate surface area is 95.3 Å². The molecule has 1 heterocycles. The van der Waals surface area contributed by atoms with Gasteiger partial charge in [-0.25, -0.2) is 0 Å². The Morgan fingerprint density at radius 2 is 2.12 bits per heavy atom. The Morgan fingerprint density at radius 1 is 1.31 bits per heavy atom. The van der Waals surface area contributed by atoms with E-state index in [1.54, 1.807) is 0 Å². The van der Waals surface area contributed by atoms with Gasteiger partial charge in [0, 0.05) is 6.42 Å². The standard InChI is InChI=1S/C13H14N2O/c14-10-13-9-12(15-16-13)8-4-7-11-5-2-1-3-6-11/h1-3,5-6,13H,4,7-9H2. The van der Waals surface area contributed by atoms with Crippen molar-refractivity contribution >= 4 is 5.71 Å². The molecule has 0 bridgehead atoms. The second-order valence-corrected chi connectivity index (χ2v) is 3.92. The summed E-state index contributed by atoms with van der Waals surface area (Å²) in [5, 5.41) is 12.6. The summed E-state index contributed by atoms with van der Waals surface area (Å²) in [7, 11) is 0. The van der Waals surface area contributed by atoms with E-state index in [0.717, 1.165) is 25.0 Å². The molecule has 1 atom stereocenters. The molecule has 0 fully saturated rings. The molecule has 16 heavy (non-hydrogen) atoms. The molecule has 1 aliphatic rings. The molecule has 0 saturated carbocycles. The molecule has 3 nitrogen and oxygen atoms in total. The van der Waals surface area contributed by atoms with Crippen LogP contribution in [0.15, 0.2) is 35.5 Å². The zero-order valence-corrected chi connectivity index (χ0v) is 9.10. The van der Waals surface area contributed by atoms with E-state index in [4.69, 9.17) is 10.1 Å². The van der Waals surface area contributed by atoms with Gasteiger partial charge in [-0.05, 0) is 24.8 Å². The van der Waals surface area contributed by atoms with Crippen LogP contribution in [-0.4, -0.2) is 11.8 Å². The van der Waals surface area contributed by atoms with Gasteiger partial charge in [0.1, 0.15) is 6.07 Å². The van der Waals surface area contributed by atoms with Gasteiger partial charge in [0.15, 0.2) is 0 Å². The number of hydrogen-bond acceptors (Lipinski definition) is 3. The molecule has 0 radical (unpaired) electrons. The molecule has 1 aromatic rings. The van der Waals surface area contributed by atoms with E-state index in [0.29, 0.717) is 6.42 Å². The van der Waals surface area contributed by atoms with Crippen LogP contribution < -0.4 is 0 Å². The van der Waals surface area contributed by atoms with E-state index in [1.807, 2.05) is 6.07 Å². The van der Waals surface area contributed by atoms with Crippen LogP contribution in [0.4, 0.5) is 0 Å². The average molecular weight is 214 g/mol. The Balaban J connectivity index is 1.72. The fourth-order valence-electron chi connectivity index (χ4n) is 1.78. The largest absolute Gasteiger partial charge is 0.377 e. The number of nitriles is 1. The first-order valence-corrected chi connectivity index (χ1v) is 5.53. The molecule has 1 aliphatic heterocycles. The van der Waals surface area contributed by atoms with Gasteiger partial charge in [0.05, 0.1) is 5.71 Å². The Kier molecular flexibility index (Phi) is 3.55. The highest BCUT2D eigenvalue weighted by atomic mass is 16.6. The first-order valence-electron chi connectivity index (χ1n) is 5.53. The van der Waals surface area contributed by atoms with Crippen LogP contribution in [0.5, 0.6) is 0 Å². The Morgan fingerprint density at radius 3 is 2.81 bits per heavy atom. The van der Waals surface area contributed by atoms with Gasteiger partial charge < -0.3 is 4.84 Å². The lowest BCUT2D eigenvalue weighted by Gasteiger charge is -2.00. The van der Waals surface area contributed by atoms with E-state index in [1.165, 1.54) is 5.56 Å². The van der Waals surface area contributed by atoms with E-state index in [9.17, 15) is 0 Å². The van der Waals surface area contributed by atoms with Crippen molar-refractivity contribution in [1.82, 2.24) is 0 Å². The average Bonchev–Trinajstić information content (AvgIpc) is 2.78. The molecule has 1 aromatic carbocycles. The van der Waals surface area contributed by atoms with Crippen LogP contribution in [0.25, 0.3) is 0 Å². The van der Waals surface area contributed by atoms with E-state index in [2.05, 4.69) is 35.5 Å². The topological polar surface area (TPSA) is 45.4 Å². The van der Waals surface area contributed by atoms with E-state index in [-0.39, 0.29) is 6.10 Å². The van der Waals surface area contributed by atoms with Crippen molar-refractivity contribution in [3.63, 3.8) is 0 Å². The maximum atomic E-state index is 8.64. The minimum absolute atomic E-state index is 0.355. The minimum Gasteiger partial charge on any atom is -0.377 e. The third-order valence-corrected chi connectivity index (χ3v) is 2.65. The molecule has 0 saturated heterocycles. The van der Waals surface area contributed by atoms with Gasteiger partial charge in [0.2, 0.25) is 6.10 Å². The Bertz CT molecular complexity index is 406. The predicted molar refractivity (Wildman–Crippen MR) is 61.9 cm³/mol. The van der Waals surface area contributed by atoms with Crippen LogP contribution in [0, 0.1) is 11.3 Å². The number of oxime groups is 1. The van der Waals surface area contributed by atoms with Gasteiger partial charge in [-0.1, -0.05) is 35.5 Å². The van der Waals surface area contributed by atoms with E-state index < -0.39 is 0 Å². The summed E-state index contributed by atoms with van der Waals surface area (Å²) in [6, 6.07) is 12.5. The van der Waals surface area contributed by atoms with Gasteiger partial charge in [-0.2, -0.15) is 5.26 Å². The smallest absolute Gasteiger partial charge is 0.217 e. The summed E-state index contributed by atoms with van der Waals surface area (Å²) in [6.45, 7) is 0. The van der Waals surface area contributed by atoms with Crippen LogP contribution >= 0.6 is 0 Å². The molecule has 0 aliphatic carbocycles. The molecule has 0 spiro atoms. The third-order valence-electron chi connectivity index (χ3n) is 2.65. The van der Waals surface area contributed by atoms with Crippen molar-refractivity contribution < 1.29 is 4.84 Å². The van der Waals surface area contributed by atoms with Crippen molar-refractivity contribution in [2.24, 2.45) is 5.16 Å². The molecule has 1 unspecified atom stereocenters. The van der Waals surface area contributed by atoms with Crippen molar-refractivity contribution in [3.8, 4) is 6.07 Å². The fraction of sp³-hybridized carbons (Fsp3) is 0.385. The summed E-state index contributed by atoms with van der Waals surface area (Å²) in [5.41, 5.74) is 2.36. The first-order chi connectivity index (χ1) is 7.88. The highest BCUT2D eigenvalue weighted by Gasteiger charge is 2.19. The normalized spacial score (nSPS) is 18.7. The summed E-state index contributed by atoms with van der Waals surface area (Å²) < 4.78 is 0. The van der Waals surface area contributed by atoms with Crippen LogP contribution in [0.2, 0.25) is 0 Å². The van der Waals surface area contributed by atoms with Crippen molar-refractivity contribution in [2.45, 2.75) is 31.8 Å². The van der Waals surface area contributed by atoms with Crippen molar-refractivity contribution in [3.05, 3.63) is 35.9 Å². The summed E-state index contributed by atoms with van der Waals surface area (Å²) >= 11 is 0. The molecule has 3 heteroatoms. The number of rotatable bonds is 4. The fourth-order valence-corrected chi connectivity index (χ4v) is 1.78. The molecule has 82 valence electrons. The SMILES string of the molecule is N#CC1CC(CCCc2ccccc2)=NO1. The lowest BCUT2D eigenvalue weighted by molar-refractivity contribution is 0.125. The quantitative estimate of drug-likeness (QED) is 0.773. The molecule has 2 rings (SSSR count). The number of hydrogen-bond donors (Lipinski definition) is 0. The molecular weight excluding hydrogens is 200 g/mol. The number of aryl methyl sites for hydroxylation is 1. The second kappa shape index (κ2) is 5.32. The summed E-state index contributed by atoms with van der Waals surface area (Å²) in [6.07, 6.45) is 3.35. The van der Waals surface area contributed by atoms with Crippen LogP contribution in [-0.2, 0) is 11.3 Å². The molecular formula is C13H14N2O. The van der Waals surface area contributed by atoms with Gasteiger partial charge in [0.25, 0.3) is 0 Å². The zero-order chi connectivity index (χ0) is 11.2. The highest BCUT2D eigenvalue weighted by molar-refractivity contribution is 5.85. The van der Waals surface area contributed by atoms with E-state index >= 15 is 0 Å². The monoisotopic (exact) mass is 214 g/mol. The number of nitrogens with zero attached hydrogens (tertiary/aromatic N) is 2. The molecule has 0 amide bonds. The third kappa shape index (κ3) is 2.83. The van der Waals surface area contributed by atoms with Crippen molar-refractivity contribution in [1.29, 1.82) is 5.26 Å². The van der Waals surface area contributed by atoms with Crippen LogP contribution in [0.3, 0.4) is 0 Å². The summed E-state index contributed by atoms with van der Waals surface area (Å²) in [4.78, 5) is 4.94. The van der Waals surface area contributed by atoms with Crippen molar-refractivity contribution in [2.75, 3.05) is 0 Å². The second-order valence-electron chi connectivity index (χ2n) is 3.92. The maximum Gasteiger partial charge on any atom is 0.217 e. The van der Waals surface area contributed by atoms with Crippen LogP contribution in [0.1, 0.15) is 24.8 Å². The summed E-state index contributed by atoms with van der Waals surface area (Å²) in [5.74, 6) is 0. The molecule has 0 N–H and O–H groups in total. The van der Waals surface area contributed by atoms with Gasteiger partial charge >= 0.3 is 0 Å². The predicted octanol–water partition coefficient (Wildman–Crippen LogP) is 2.68. The molecule has 0 aromatic heterocycles.